The lowest BCUT2D eigenvalue weighted by molar-refractivity contribution is -0.200. The van der Waals surface area contributed by atoms with Crippen LogP contribution in [0.5, 0.6) is 0 Å². The zero-order valence-electron chi connectivity index (χ0n) is 13.3. The van der Waals surface area contributed by atoms with Gasteiger partial charge >= 0.3 is 12.2 Å². The Balaban J connectivity index is 1.93. The van der Waals surface area contributed by atoms with Crippen molar-refractivity contribution in [3.8, 4) is 0 Å². The average Bonchev–Trinajstić information content (AvgIpc) is 3.20. The second-order valence-corrected chi connectivity index (χ2v) is 6.95. The molecule has 2 N–H and O–H groups in total. The lowest BCUT2D eigenvalue weighted by Crippen LogP contribution is -2.69. The minimum Gasteiger partial charge on any atom is -0.313 e. The topological polar surface area (TPSA) is 78.5 Å². The number of imide groups is 1. The maximum Gasteiger partial charge on any atom is 0.440 e. The quantitative estimate of drug-likeness (QED) is 0.750. The number of nitrogens with zero attached hydrogens (tertiary/aromatic N) is 1. The van der Waals surface area contributed by atoms with Crippen LogP contribution in [-0.2, 0) is 11.3 Å². The maximum absolute atomic E-state index is 13.7. The van der Waals surface area contributed by atoms with Crippen LogP contribution in [0.3, 0.4) is 0 Å². The summed E-state index contributed by atoms with van der Waals surface area (Å²) in [6.45, 7) is -0.475. The molecule has 1 aromatic heterocycles. The van der Waals surface area contributed by atoms with E-state index in [4.69, 9.17) is 11.6 Å². The minimum absolute atomic E-state index is 0.0368. The molecule has 11 heteroatoms. The van der Waals surface area contributed by atoms with Crippen molar-refractivity contribution in [2.75, 3.05) is 0 Å². The number of thiophene rings is 1. The summed E-state index contributed by atoms with van der Waals surface area (Å²) in [4.78, 5) is 37.2. The Morgan fingerprint density at radius 1 is 1.22 bits per heavy atom. The zero-order valence-corrected chi connectivity index (χ0v) is 14.9. The Bertz CT molecular complexity index is 904. The van der Waals surface area contributed by atoms with Gasteiger partial charge in [-0.25, -0.2) is 4.79 Å². The summed E-state index contributed by atoms with van der Waals surface area (Å²) in [5.74, 6) is -2.76. The highest BCUT2D eigenvalue weighted by Gasteiger charge is 2.68. The monoisotopic (exact) mass is 417 g/mol. The summed E-state index contributed by atoms with van der Waals surface area (Å²) in [5, 5.41) is 4.90. The van der Waals surface area contributed by atoms with E-state index >= 15 is 0 Å². The molecular formula is C16H11ClF3N3O3S. The summed E-state index contributed by atoms with van der Waals surface area (Å²) >= 11 is 6.85. The van der Waals surface area contributed by atoms with Crippen LogP contribution in [0.4, 0.5) is 18.0 Å². The van der Waals surface area contributed by atoms with Gasteiger partial charge in [-0.2, -0.15) is 13.2 Å². The molecule has 1 fully saturated rings. The van der Waals surface area contributed by atoms with Crippen molar-refractivity contribution in [2.45, 2.75) is 18.4 Å². The number of rotatable bonds is 4. The molecule has 0 aliphatic carbocycles. The van der Waals surface area contributed by atoms with E-state index in [2.05, 4.69) is 0 Å². The van der Waals surface area contributed by atoms with Crippen LogP contribution >= 0.6 is 22.9 Å². The predicted octanol–water partition coefficient (Wildman–Crippen LogP) is 3.14. The van der Waals surface area contributed by atoms with Crippen LogP contribution in [0.1, 0.15) is 15.2 Å². The molecule has 6 nitrogen and oxygen atoms in total. The minimum atomic E-state index is -5.26. The number of hydrogen-bond acceptors (Lipinski definition) is 4. The van der Waals surface area contributed by atoms with Crippen LogP contribution in [0.15, 0.2) is 41.8 Å². The van der Waals surface area contributed by atoms with E-state index in [9.17, 15) is 27.6 Å². The Morgan fingerprint density at radius 3 is 2.52 bits per heavy atom. The van der Waals surface area contributed by atoms with Gasteiger partial charge in [-0.15, -0.1) is 11.3 Å². The van der Waals surface area contributed by atoms with Crippen molar-refractivity contribution in [3.05, 3.63) is 57.2 Å². The Labute approximate surface area is 159 Å². The van der Waals surface area contributed by atoms with E-state index in [1.165, 1.54) is 29.6 Å². The van der Waals surface area contributed by atoms with Crippen molar-refractivity contribution in [3.63, 3.8) is 0 Å². The molecule has 1 aliphatic rings. The molecule has 0 spiro atoms. The summed E-state index contributed by atoms with van der Waals surface area (Å²) in [6.07, 6.45) is -5.26. The molecule has 1 aliphatic heterocycles. The molecule has 1 aromatic carbocycles. The van der Waals surface area contributed by atoms with Gasteiger partial charge in [0.15, 0.2) is 0 Å². The number of urea groups is 1. The molecule has 0 saturated carbocycles. The second kappa shape index (κ2) is 6.86. The van der Waals surface area contributed by atoms with Crippen molar-refractivity contribution in [1.29, 1.82) is 0 Å². The standard InChI is InChI=1S/C16H11ClF3N3O3S/c17-10-5-2-1-4-9(10)8-23-13(25)15(16(18,19)20,22-14(23)26)21-12(24)11-6-3-7-27-11/h1-7H,8H2,(H,21,24)(H,22,26)/t15-/m1/s1. The summed E-state index contributed by atoms with van der Waals surface area (Å²) in [7, 11) is 0. The van der Waals surface area contributed by atoms with Gasteiger partial charge < -0.3 is 5.32 Å². The van der Waals surface area contributed by atoms with Crippen LogP contribution in [0.25, 0.3) is 0 Å². The zero-order chi connectivity index (χ0) is 19.8. The van der Waals surface area contributed by atoms with E-state index in [1.807, 2.05) is 0 Å². The lowest BCUT2D eigenvalue weighted by atomic mass is 10.1. The van der Waals surface area contributed by atoms with Crippen LogP contribution in [-0.4, -0.2) is 34.6 Å². The smallest absolute Gasteiger partial charge is 0.313 e. The molecule has 1 atom stereocenters. The highest BCUT2D eigenvalue weighted by atomic mass is 35.5. The summed E-state index contributed by atoms with van der Waals surface area (Å²) in [6, 6.07) is 7.59. The fourth-order valence-corrected chi connectivity index (χ4v) is 3.32. The molecule has 27 heavy (non-hydrogen) atoms. The molecule has 4 amide bonds. The van der Waals surface area contributed by atoms with E-state index in [1.54, 1.807) is 22.8 Å². The van der Waals surface area contributed by atoms with E-state index in [0.717, 1.165) is 11.3 Å². The fourth-order valence-electron chi connectivity index (χ4n) is 2.50. The van der Waals surface area contributed by atoms with Gasteiger partial charge in [-0.3, -0.25) is 19.8 Å². The third kappa shape index (κ3) is 3.37. The normalized spacial score (nSPS) is 19.9. The number of alkyl halides is 3. The molecule has 2 aromatic rings. The Kier molecular flexibility index (Phi) is 4.87. The van der Waals surface area contributed by atoms with Gasteiger partial charge in [0.2, 0.25) is 0 Å². The van der Waals surface area contributed by atoms with Crippen LogP contribution < -0.4 is 10.6 Å². The number of benzene rings is 1. The Hall–Kier alpha value is -2.59. The molecule has 0 bridgehead atoms. The first-order chi connectivity index (χ1) is 12.7. The van der Waals surface area contributed by atoms with Crippen molar-refractivity contribution in [2.24, 2.45) is 0 Å². The third-order valence-electron chi connectivity index (χ3n) is 3.86. The van der Waals surface area contributed by atoms with Gasteiger partial charge in [-0.1, -0.05) is 35.9 Å². The molecule has 3 rings (SSSR count). The van der Waals surface area contributed by atoms with Gasteiger partial charge in [0.25, 0.3) is 17.5 Å². The number of amides is 4. The van der Waals surface area contributed by atoms with Gasteiger partial charge in [0.05, 0.1) is 11.4 Å². The molecule has 142 valence electrons. The highest BCUT2D eigenvalue weighted by molar-refractivity contribution is 7.12. The van der Waals surface area contributed by atoms with Gasteiger partial charge in [0.1, 0.15) is 0 Å². The number of hydrogen-bond donors (Lipinski definition) is 2. The molecule has 2 heterocycles. The van der Waals surface area contributed by atoms with E-state index in [-0.39, 0.29) is 15.5 Å². The van der Waals surface area contributed by atoms with Crippen LogP contribution in [0.2, 0.25) is 5.02 Å². The van der Waals surface area contributed by atoms with Crippen molar-refractivity contribution in [1.82, 2.24) is 15.5 Å². The lowest BCUT2D eigenvalue weighted by Gasteiger charge is -2.29. The molecular weight excluding hydrogens is 407 g/mol. The first-order valence-electron chi connectivity index (χ1n) is 7.46. The summed E-state index contributed by atoms with van der Waals surface area (Å²) < 4.78 is 41.2. The average molecular weight is 418 g/mol. The van der Waals surface area contributed by atoms with Gasteiger partial charge in [0, 0.05) is 5.02 Å². The highest BCUT2D eigenvalue weighted by Crippen LogP contribution is 2.35. The van der Waals surface area contributed by atoms with E-state index in [0.29, 0.717) is 4.90 Å². The fraction of sp³-hybridized carbons (Fsp3) is 0.188. The first kappa shape index (κ1) is 19.2. The van der Waals surface area contributed by atoms with Crippen LogP contribution in [0, 0.1) is 0 Å². The number of halogens is 4. The number of carbonyl (C=O) groups excluding carboxylic acids is 3. The molecule has 0 radical (unpaired) electrons. The predicted molar refractivity (Wildman–Crippen MR) is 91.1 cm³/mol. The SMILES string of the molecule is O=C(N[C@@]1(C(F)(F)F)NC(=O)N(Cc2ccccc2Cl)C1=O)c1cccs1. The van der Waals surface area contributed by atoms with Crippen molar-refractivity contribution >= 4 is 40.8 Å². The Morgan fingerprint density at radius 2 is 1.93 bits per heavy atom. The number of nitrogens with one attached hydrogen (secondary N) is 2. The second-order valence-electron chi connectivity index (χ2n) is 5.59. The maximum atomic E-state index is 13.7. The van der Waals surface area contributed by atoms with E-state index < -0.39 is 36.2 Å². The van der Waals surface area contributed by atoms with Gasteiger partial charge in [-0.05, 0) is 23.1 Å². The third-order valence-corrected chi connectivity index (χ3v) is 5.10. The largest absolute Gasteiger partial charge is 0.440 e. The number of carbonyl (C=O) groups is 3. The summed E-state index contributed by atoms with van der Waals surface area (Å²) in [5.41, 5.74) is -3.27. The van der Waals surface area contributed by atoms with Crippen molar-refractivity contribution < 1.29 is 27.6 Å². The molecule has 0 unspecified atom stereocenters. The first-order valence-corrected chi connectivity index (χ1v) is 8.72. The molecule has 1 saturated heterocycles.